The molecule has 0 saturated carbocycles. The number of hydrogen-bond donors (Lipinski definition) is 2. The molecule has 112 valence electrons. The van der Waals surface area contributed by atoms with E-state index in [4.69, 9.17) is 0 Å². The van der Waals surface area contributed by atoms with Crippen molar-refractivity contribution in [1.29, 1.82) is 0 Å². The van der Waals surface area contributed by atoms with Crippen molar-refractivity contribution < 1.29 is 4.79 Å². The number of hydrogen-bond acceptors (Lipinski definition) is 3. The Labute approximate surface area is 133 Å². The van der Waals surface area contributed by atoms with Crippen LogP contribution in [0.4, 0.5) is 0 Å². The number of carbonyl (C=O) groups excluding carboxylic acids is 1. The van der Waals surface area contributed by atoms with Crippen LogP contribution in [0.15, 0.2) is 30.3 Å². The van der Waals surface area contributed by atoms with E-state index in [1.54, 1.807) is 0 Å². The number of nitrogens with one attached hydrogen (secondary N) is 1. The zero-order chi connectivity index (χ0) is 14.8. The molecule has 0 spiro atoms. The Morgan fingerprint density at radius 2 is 2.05 bits per heavy atom. The third-order valence-corrected chi connectivity index (χ3v) is 20.6. The van der Waals surface area contributed by atoms with Gasteiger partial charge in [0, 0.05) is 0 Å². The number of rotatable bonds is 10. The van der Waals surface area contributed by atoms with E-state index in [1.165, 1.54) is 25.2 Å². The maximum atomic E-state index is 11.1. The third kappa shape index (κ3) is 5.41. The Morgan fingerprint density at radius 3 is 2.55 bits per heavy atom. The molecule has 1 N–H and O–H groups in total. The molecule has 1 rings (SSSR count). The van der Waals surface area contributed by atoms with Gasteiger partial charge in [-0.25, -0.2) is 0 Å². The second kappa shape index (κ2) is 9.85. The number of thiol groups is 1. The first-order valence-electron chi connectivity index (χ1n) is 7.45. The van der Waals surface area contributed by atoms with Gasteiger partial charge in [0.15, 0.2) is 0 Å². The SMILES string of the molecule is C[CH2][Sn]([CH2]C=O)([CH2]CS)[CH2]C(CNC)c1ccccc1. The number of aldehydes is 1. The van der Waals surface area contributed by atoms with Crippen molar-refractivity contribution in [2.45, 2.75) is 30.6 Å². The van der Waals surface area contributed by atoms with Crippen LogP contribution in [0.2, 0.25) is 17.7 Å². The molecule has 0 bridgehead atoms. The van der Waals surface area contributed by atoms with Gasteiger partial charge < -0.3 is 0 Å². The molecule has 0 aromatic heterocycles. The van der Waals surface area contributed by atoms with E-state index in [1.807, 2.05) is 7.05 Å². The standard InChI is InChI=1S/C10H14N.C2H3O.C2H5S.C2H5.Sn/c1-9(8-11-2)10-6-4-3-5-7-10;2*1-2-3;1-2;/h3-7,9,11H,1,8H2,2H3;2H,1H2;3H,1-2H2;1H2,2H3;. The average Bonchev–Trinajstić information content (AvgIpc) is 2.48. The van der Waals surface area contributed by atoms with Gasteiger partial charge in [0.2, 0.25) is 0 Å². The summed E-state index contributed by atoms with van der Waals surface area (Å²) in [6, 6.07) is 10.7. The minimum absolute atomic E-state index is 0.539. The summed E-state index contributed by atoms with van der Waals surface area (Å²) in [4.78, 5) is 11.1. The Balaban J connectivity index is 2.93. The van der Waals surface area contributed by atoms with Crippen molar-refractivity contribution in [3.8, 4) is 0 Å². The maximum absolute atomic E-state index is 11.1. The van der Waals surface area contributed by atoms with Crippen molar-refractivity contribution in [3.05, 3.63) is 35.9 Å². The van der Waals surface area contributed by atoms with Crippen LogP contribution in [0.3, 0.4) is 0 Å². The van der Waals surface area contributed by atoms with E-state index < -0.39 is 18.4 Å². The second-order valence-corrected chi connectivity index (χ2v) is 20.4. The monoisotopic (exact) mass is 401 g/mol. The molecule has 0 radical (unpaired) electrons. The summed E-state index contributed by atoms with van der Waals surface area (Å²) in [5.74, 6) is 1.47. The molecule has 2 nitrogen and oxygen atoms in total. The normalized spacial score (nSPS) is 15.6. The fourth-order valence-electron chi connectivity index (χ4n) is 2.97. The predicted octanol–water partition coefficient (Wildman–Crippen LogP) is 3.59. The molecule has 2 atom stereocenters. The van der Waals surface area contributed by atoms with Crippen LogP contribution in [-0.2, 0) is 4.79 Å². The summed E-state index contributed by atoms with van der Waals surface area (Å²) in [6.07, 6.45) is 1.17. The number of benzene rings is 1. The summed E-state index contributed by atoms with van der Waals surface area (Å²) in [7, 11) is 2.01. The van der Waals surface area contributed by atoms with Gasteiger partial charge in [-0.15, -0.1) is 0 Å². The van der Waals surface area contributed by atoms with E-state index in [-0.39, 0.29) is 0 Å². The molecular formula is C16H27NOSSn. The van der Waals surface area contributed by atoms with Gasteiger partial charge in [-0.1, -0.05) is 0 Å². The van der Waals surface area contributed by atoms with Crippen LogP contribution in [0, 0.1) is 0 Å². The van der Waals surface area contributed by atoms with Gasteiger partial charge in [-0.2, -0.15) is 0 Å². The van der Waals surface area contributed by atoms with Gasteiger partial charge in [-0.3, -0.25) is 0 Å². The van der Waals surface area contributed by atoms with Crippen LogP contribution >= 0.6 is 12.6 Å². The molecule has 0 aliphatic heterocycles. The Kier molecular flexibility index (Phi) is 8.89. The molecule has 4 heteroatoms. The third-order valence-electron chi connectivity index (χ3n) is 4.31. The van der Waals surface area contributed by atoms with Gasteiger partial charge in [0.25, 0.3) is 0 Å². The Morgan fingerprint density at radius 1 is 1.35 bits per heavy atom. The van der Waals surface area contributed by atoms with E-state index in [0.29, 0.717) is 5.92 Å². The van der Waals surface area contributed by atoms with E-state index in [2.05, 4.69) is 55.2 Å². The summed E-state index contributed by atoms with van der Waals surface area (Å²) >= 11 is 2.08. The van der Waals surface area contributed by atoms with Crippen LogP contribution in [0.1, 0.15) is 18.4 Å². The molecule has 0 amide bonds. The van der Waals surface area contributed by atoms with Crippen molar-refractivity contribution in [2.75, 3.05) is 19.3 Å². The van der Waals surface area contributed by atoms with Gasteiger partial charge in [0.1, 0.15) is 0 Å². The topological polar surface area (TPSA) is 29.1 Å². The zero-order valence-corrected chi connectivity index (χ0v) is 16.4. The molecule has 0 saturated heterocycles. The van der Waals surface area contributed by atoms with Crippen molar-refractivity contribution >= 4 is 37.3 Å². The Bertz CT molecular complexity index is 387. The molecule has 1 aromatic carbocycles. The van der Waals surface area contributed by atoms with Crippen LogP contribution in [-0.4, -0.2) is 44.0 Å². The Hall–Kier alpha value is -0.00130. The molecule has 0 aliphatic carbocycles. The molecule has 0 fully saturated rings. The molecule has 20 heavy (non-hydrogen) atoms. The number of carbonyl (C=O) groups is 1. The van der Waals surface area contributed by atoms with E-state index in [0.717, 1.165) is 16.7 Å². The summed E-state index contributed by atoms with van der Waals surface area (Å²) in [5.41, 5.74) is 1.40. The molecular weight excluding hydrogens is 373 g/mol. The van der Waals surface area contributed by atoms with Crippen molar-refractivity contribution in [1.82, 2.24) is 5.32 Å². The van der Waals surface area contributed by atoms with Gasteiger partial charge in [0.05, 0.1) is 0 Å². The average molecular weight is 400 g/mol. The first-order chi connectivity index (χ1) is 9.71. The first kappa shape index (κ1) is 18.0. The fourth-order valence-corrected chi connectivity index (χ4v) is 16.9. The van der Waals surface area contributed by atoms with Crippen LogP contribution in [0.25, 0.3) is 0 Å². The molecule has 0 heterocycles. The first-order valence-corrected chi connectivity index (χ1v) is 16.2. The van der Waals surface area contributed by atoms with Crippen molar-refractivity contribution in [2.24, 2.45) is 0 Å². The molecule has 1 aromatic rings. The molecule has 0 aliphatic rings. The summed E-state index contributed by atoms with van der Waals surface area (Å²) < 4.78 is 4.54. The van der Waals surface area contributed by atoms with Crippen molar-refractivity contribution in [3.63, 3.8) is 0 Å². The van der Waals surface area contributed by atoms with Gasteiger partial charge >= 0.3 is 133 Å². The van der Waals surface area contributed by atoms with Crippen LogP contribution < -0.4 is 5.32 Å². The fraction of sp³-hybridized carbons (Fsp3) is 0.562. The van der Waals surface area contributed by atoms with E-state index in [9.17, 15) is 4.79 Å². The summed E-state index contributed by atoms with van der Waals surface area (Å²) in [6.45, 7) is 3.28. The zero-order valence-electron chi connectivity index (χ0n) is 12.6. The van der Waals surface area contributed by atoms with E-state index >= 15 is 0 Å². The van der Waals surface area contributed by atoms with Gasteiger partial charge in [-0.05, 0) is 0 Å². The number of likely N-dealkylation sites (N-methyl/N-ethyl adjacent to an activating group) is 1. The van der Waals surface area contributed by atoms with Crippen LogP contribution in [0.5, 0.6) is 0 Å². The predicted molar refractivity (Wildman–Crippen MR) is 93.7 cm³/mol. The summed E-state index contributed by atoms with van der Waals surface area (Å²) in [5, 5.41) is 3.32. The minimum atomic E-state index is -2.37. The molecule has 2 unspecified atom stereocenters. The quantitative estimate of drug-likeness (QED) is 0.357. The second-order valence-electron chi connectivity index (χ2n) is 5.57.